The zero-order valence-electron chi connectivity index (χ0n) is 9.14. The Bertz CT molecular complexity index is 585. The lowest BCUT2D eigenvalue weighted by Crippen LogP contribution is -2.24. The third-order valence-electron chi connectivity index (χ3n) is 3.09. The highest BCUT2D eigenvalue weighted by Gasteiger charge is 2.22. The molecule has 17 heavy (non-hydrogen) atoms. The van der Waals surface area contributed by atoms with Crippen LogP contribution in [-0.2, 0) is 0 Å². The predicted molar refractivity (Wildman–Crippen MR) is 70.6 cm³/mol. The minimum atomic E-state index is 0.0219. The number of phenols is 1. The Hall–Kier alpha value is -2.36. The van der Waals surface area contributed by atoms with Crippen LogP contribution in [0.15, 0.2) is 35.9 Å². The van der Waals surface area contributed by atoms with Crippen LogP contribution in [0.2, 0.25) is 0 Å². The molecular formula is C13H13N3O. The molecule has 0 aromatic heterocycles. The van der Waals surface area contributed by atoms with E-state index in [1.807, 2.05) is 24.3 Å². The highest BCUT2D eigenvalue weighted by molar-refractivity contribution is 5.92. The van der Waals surface area contributed by atoms with Gasteiger partial charge in [0.15, 0.2) is 0 Å². The topological polar surface area (TPSA) is 84.3 Å². The third-order valence-corrected chi connectivity index (χ3v) is 3.09. The first-order valence-corrected chi connectivity index (χ1v) is 5.41. The molecule has 0 bridgehead atoms. The van der Waals surface area contributed by atoms with Gasteiger partial charge in [-0.25, -0.2) is 0 Å². The van der Waals surface area contributed by atoms with Gasteiger partial charge in [-0.15, -0.1) is 0 Å². The van der Waals surface area contributed by atoms with Crippen molar-refractivity contribution in [2.45, 2.75) is 6.04 Å². The number of aromatic hydroxyl groups is 1. The van der Waals surface area contributed by atoms with Crippen LogP contribution in [0.1, 0.15) is 5.56 Å². The van der Waals surface area contributed by atoms with Gasteiger partial charge in [-0.05, 0) is 11.6 Å². The Morgan fingerprint density at radius 1 is 1.24 bits per heavy atom. The van der Waals surface area contributed by atoms with E-state index in [0.717, 1.165) is 16.8 Å². The highest BCUT2D eigenvalue weighted by Crippen LogP contribution is 2.41. The molecule has 1 aliphatic heterocycles. The normalized spacial score (nSPS) is 20.2. The Morgan fingerprint density at radius 2 is 2.06 bits per heavy atom. The summed E-state index contributed by atoms with van der Waals surface area (Å²) in [5, 5.41) is 13.0. The summed E-state index contributed by atoms with van der Waals surface area (Å²) >= 11 is 0. The predicted octanol–water partition coefficient (Wildman–Crippen LogP) is 1.86. The fourth-order valence-electron chi connectivity index (χ4n) is 2.18. The number of hydrogen-bond donors (Lipinski definition) is 4. The summed E-state index contributed by atoms with van der Waals surface area (Å²) in [6.45, 7) is 0. The van der Waals surface area contributed by atoms with Crippen LogP contribution in [0.3, 0.4) is 0 Å². The second-order valence-electron chi connectivity index (χ2n) is 4.20. The summed E-state index contributed by atoms with van der Waals surface area (Å²) in [6, 6.07) is 1.60. The van der Waals surface area contributed by atoms with Crippen LogP contribution in [0, 0.1) is 0 Å². The molecule has 0 amide bonds. The molecule has 4 nitrogen and oxygen atoms in total. The van der Waals surface area contributed by atoms with E-state index in [1.54, 1.807) is 0 Å². The molecule has 1 atom stereocenters. The molecule has 0 saturated heterocycles. The summed E-state index contributed by atoms with van der Waals surface area (Å²) in [4.78, 5) is 0. The molecule has 0 spiro atoms. The zero-order valence-corrected chi connectivity index (χ0v) is 9.14. The number of benzene rings is 1. The van der Waals surface area contributed by atoms with E-state index in [1.165, 1.54) is 6.07 Å². The van der Waals surface area contributed by atoms with Crippen molar-refractivity contribution in [3.05, 3.63) is 41.5 Å². The minimum absolute atomic E-state index is 0.0219. The molecule has 1 heterocycles. The molecule has 0 radical (unpaired) electrons. The van der Waals surface area contributed by atoms with Crippen molar-refractivity contribution in [2.24, 2.45) is 0 Å². The fraction of sp³-hybridized carbons (Fsp3) is 0.0769. The van der Waals surface area contributed by atoms with E-state index in [0.29, 0.717) is 11.4 Å². The standard InChI is InChI=1S/C13H13N3O/c14-9-6-11(17)12(15)8-5-7-3-1-2-4-10(7)16-13(8)9/h1-6,10,16-17H,14-15H2. The minimum Gasteiger partial charge on any atom is -0.506 e. The number of fused-ring (bicyclic) bond motifs is 2. The Balaban J connectivity index is 2.23. The van der Waals surface area contributed by atoms with Gasteiger partial charge in [-0.3, -0.25) is 0 Å². The molecule has 86 valence electrons. The highest BCUT2D eigenvalue weighted by atomic mass is 16.3. The Morgan fingerprint density at radius 3 is 2.88 bits per heavy atom. The molecule has 1 aromatic carbocycles. The maximum Gasteiger partial charge on any atom is 0.141 e. The largest absolute Gasteiger partial charge is 0.506 e. The first-order chi connectivity index (χ1) is 8.16. The van der Waals surface area contributed by atoms with Crippen LogP contribution in [-0.4, -0.2) is 11.1 Å². The van der Waals surface area contributed by atoms with Crippen molar-refractivity contribution < 1.29 is 5.11 Å². The van der Waals surface area contributed by atoms with Crippen LogP contribution < -0.4 is 16.8 Å². The molecular weight excluding hydrogens is 214 g/mol. The molecule has 1 aromatic rings. The monoisotopic (exact) mass is 227 g/mol. The lowest BCUT2D eigenvalue weighted by atomic mass is 9.93. The number of nitrogens with two attached hydrogens (primary N) is 2. The quantitative estimate of drug-likeness (QED) is 0.309. The van der Waals surface area contributed by atoms with Gasteiger partial charge >= 0.3 is 0 Å². The molecule has 4 heteroatoms. The van der Waals surface area contributed by atoms with Gasteiger partial charge in [0, 0.05) is 11.6 Å². The molecule has 0 saturated carbocycles. The van der Waals surface area contributed by atoms with E-state index in [-0.39, 0.29) is 11.8 Å². The van der Waals surface area contributed by atoms with Gasteiger partial charge in [0.1, 0.15) is 5.75 Å². The van der Waals surface area contributed by atoms with Gasteiger partial charge in [0.05, 0.1) is 23.1 Å². The average molecular weight is 227 g/mol. The van der Waals surface area contributed by atoms with E-state index in [9.17, 15) is 5.11 Å². The number of nitrogens with one attached hydrogen (secondary N) is 1. The number of hydrogen-bond acceptors (Lipinski definition) is 4. The number of nitrogen functional groups attached to an aromatic ring is 2. The fourth-order valence-corrected chi connectivity index (χ4v) is 2.18. The number of anilines is 3. The lowest BCUT2D eigenvalue weighted by Gasteiger charge is -2.28. The molecule has 1 aliphatic carbocycles. The number of phenolic OH excluding ortho intramolecular Hbond substituents is 1. The van der Waals surface area contributed by atoms with Crippen molar-refractivity contribution >= 4 is 23.1 Å². The van der Waals surface area contributed by atoms with Crippen LogP contribution in [0.4, 0.5) is 17.1 Å². The van der Waals surface area contributed by atoms with Crippen LogP contribution in [0.5, 0.6) is 5.75 Å². The smallest absolute Gasteiger partial charge is 0.141 e. The maximum atomic E-state index is 9.66. The van der Waals surface area contributed by atoms with Crippen molar-refractivity contribution in [1.82, 2.24) is 0 Å². The zero-order chi connectivity index (χ0) is 12.0. The third kappa shape index (κ3) is 1.38. The number of allylic oxidation sites excluding steroid dienone is 2. The molecule has 1 unspecified atom stereocenters. The summed E-state index contributed by atoms with van der Waals surface area (Å²) in [5.41, 5.74) is 15.3. The first kappa shape index (κ1) is 9.84. The van der Waals surface area contributed by atoms with Crippen LogP contribution >= 0.6 is 0 Å². The van der Waals surface area contributed by atoms with Gasteiger partial charge in [-0.1, -0.05) is 24.3 Å². The summed E-state index contributed by atoms with van der Waals surface area (Å²) in [6.07, 6.45) is 9.98. The summed E-state index contributed by atoms with van der Waals surface area (Å²) < 4.78 is 0. The van der Waals surface area contributed by atoms with E-state index in [4.69, 9.17) is 11.5 Å². The molecule has 0 fully saturated rings. The first-order valence-electron chi connectivity index (χ1n) is 5.41. The van der Waals surface area contributed by atoms with Crippen molar-refractivity contribution in [3.63, 3.8) is 0 Å². The second kappa shape index (κ2) is 3.31. The van der Waals surface area contributed by atoms with Crippen LogP contribution in [0.25, 0.3) is 6.08 Å². The lowest BCUT2D eigenvalue weighted by molar-refractivity contribution is 0.478. The number of rotatable bonds is 0. The second-order valence-corrected chi connectivity index (χ2v) is 4.20. The van der Waals surface area contributed by atoms with Gasteiger partial charge in [0.2, 0.25) is 0 Å². The summed E-state index contributed by atoms with van der Waals surface area (Å²) in [7, 11) is 0. The SMILES string of the molecule is Nc1cc(O)c(N)c2c1NC1C=CC=CC1=C2. The van der Waals surface area contributed by atoms with Gasteiger partial charge < -0.3 is 21.9 Å². The van der Waals surface area contributed by atoms with Gasteiger partial charge in [0.25, 0.3) is 0 Å². The van der Waals surface area contributed by atoms with Crippen molar-refractivity contribution in [3.8, 4) is 5.75 Å². The Labute approximate surface area is 98.9 Å². The maximum absolute atomic E-state index is 9.66. The van der Waals surface area contributed by atoms with E-state index >= 15 is 0 Å². The van der Waals surface area contributed by atoms with E-state index < -0.39 is 0 Å². The molecule has 6 N–H and O–H groups in total. The van der Waals surface area contributed by atoms with Crippen molar-refractivity contribution in [2.75, 3.05) is 16.8 Å². The van der Waals surface area contributed by atoms with Gasteiger partial charge in [-0.2, -0.15) is 0 Å². The Kier molecular flexibility index (Phi) is 1.92. The molecule has 3 rings (SSSR count). The average Bonchev–Trinajstić information content (AvgIpc) is 2.34. The molecule has 2 aliphatic rings. The van der Waals surface area contributed by atoms with E-state index in [2.05, 4.69) is 11.4 Å². The summed E-state index contributed by atoms with van der Waals surface area (Å²) in [5.74, 6) is 0.0219. The van der Waals surface area contributed by atoms with Crippen molar-refractivity contribution in [1.29, 1.82) is 0 Å².